The standard InChI is InChI=1S/C12H15N2O3PS/c15-19(16,17)12-6-2-3-9-10(12)4-1-5-11(9)13-7-8-14-18/h1-6,13-14H,7-8,18H2,(H,15,16,17). The van der Waals surface area contributed by atoms with Crippen molar-refractivity contribution >= 4 is 36.0 Å². The second kappa shape index (κ2) is 5.84. The van der Waals surface area contributed by atoms with Crippen molar-refractivity contribution in [3.63, 3.8) is 0 Å². The van der Waals surface area contributed by atoms with Crippen molar-refractivity contribution in [3.8, 4) is 0 Å². The summed E-state index contributed by atoms with van der Waals surface area (Å²) in [7, 11) is -1.80. The predicted octanol–water partition coefficient (Wildman–Crippen LogP) is 1.88. The second-order valence-electron chi connectivity index (χ2n) is 4.01. The molecule has 1 atom stereocenters. The van der Waals surface area contributed by atoms with Gasteiger partial charge in [0.05, 0.1) is 0 Å². The molecule has 0 heterocycles. The molecule has 102 valence electrons. The van der Waals surface area contributed by atoms with Gasteiger partial charge in [0.15, 0.2) is 0 Å². The Kier molecular flexibility index (Phi) is 4.37. The molecule has 2 rings (SSSR count). The summed E-state index contributed by atoms with van der Waals surface area (Å²) in [6.45, 7) is 1.47. The molecular weight excluding hydrogens is 283 g/mol. The molecule has 0 spiro atoms. The van der Waals surface area contributed by atoms with Crippen molar-refractivity contribution < 1.29 is 13.0 Å². The zero-order valence-electron chi connectivity index (χ0n) is 10.1. The fourth-order valence-electron chi connectivity index (χ4n) is 1.93. The van der Waals surface area contributed by atoms with Crippen LogP contribution in [0.5, 0.6) is 0 Å². The van der Waals surface area contributed by atoms with Crippen LogP contribution in [0.4, 0.5) is 5.69 Å². The van der Waals surface area contributed by atoms with Crippen LogP contribution in [0.2, 0.25) is 0 Å². The van der Waals surface area contributed by atoms with E-state index >= 15 is 0 Å². The van der Waals surface area contributed by atoms with Crippen LogP contribution in [-0.4, -0.2) is 26.1 Å². The highest BCUT2D eigenvalue weighted by molar-refractivity contribution is 7.86. The Morgan fingerprint density at radius 3 is 2.42 bits per heavy atom. The van der Waals surface area contributed by atoms with Gasteiger partial charge < -0.3 is 5.32 Å². The van der Waals surface area contributed by atoms with Crippen LogP contribution < -0.4 is 10.4 Å². The maximum atomic E-state index is 11.3. The first-order valence-electron chi connectivity index (χ1n) is 5.70. The van der Waals surface area contributed by atoms with Gasteiger partial charge in [-0.05, 0) is 12.1 Å². The Hall–Kier alpha value is -1.20. The van der Waals surface area contributed by atoms with Crippen LogP contribution in [-0.2, 0) is 10.1 Å². The monoisotopic (exact) mass is 298 g/mol. The van der Waals surface area contributed by atoms with Gasteiger partial charge in [-0.3, -0.25) is 9.64 Å². The van der Waals surface area contributed by atoms with Crippen molar-refractivity contribution in [1.82, 2.24) is 5.09 Å². The van der Waals surface area contributed by atoms with Crippen LogP contribution in [0.15, 0.2) is 41.3 Å². The summed E-state index contributed by atoms with van der Waals surface area (Å²) in [6, 6.07) is 10.1. The number of hydrogen-bond donors (Lipinski definition) is 3. The molecule has 0 saturated carbocycles. The molecule has 7 heteroatoms. The average molecular weight is 298 g/mol. The van der Waals surface area contributed by atoms with Crippen LogP contribution in [0.1, 0.15) is 0 Å². The highest BCUT2D eigenvalue weighted by Crippen LogP contribution is 2.28. The van der Waals surface area contributed by atoms with Gasteiger partial charge in [-0.25, -0.2) is 0 Å². The van der Waals surface area contributed by atoms with E-state index in [2.05, 4.69) is 19.8 Å². The lowest BCUT2D eigenvalue weighted by Crippen LogP contribution is -2.13. The van der Waals surface area contributed by atoms with Gasteiger partial charge in [-0.2, -0.15) is 8.42 Å². The van der Waals surface area contributed by atoms with Gasteiger partial charge in [0.25, 0.3) is 10.1 Å². The SMILES string of the molecule is O=S(=O)(O)c1cccc2c(NCCNP)cccc12. The molecule has 1 unspecified atom stereocenters. The minimum Gasteiger partial charge on any atom is -0.383 e. The number of benzene rings is 2. The molecule has 0 aromatic heterocycles. The van der Waals surface area contributed by atoms with E-state index in [9.17, 15) is 13.0 Å². The molecule has 5 nitrogen and oxygen atoms in total. The third kappa shape index (κ3) is 3.22. The van der Waals surface area contributed by atoms with Gasteiger partial charge in [-0.15, -0.1) is 0 Å². The summed E-state index contributed by atoms with van der Waals surface area (Å²) < 4.78 is 31.9. The molecule has 0 aliphatic carbocycles. The topological polar surface area (TPSA) is 78.4 Å². The molecule has 0 fully saturated rings. The van der Waals surface area contributed by atoms with E-state index in [0.717, 1.165) is 17.6 Å². The molecular formula is C12H15N2O3PS. The number of hydrogen-bond acceptors (Lipinski definition) is 4. The van der Waals surface area contributed by atoms with Gasteiger partial charge in [-0.1, -0.05) is 33.7 Å². The summed E-state index contributed by atoms with van der Waals surface area (Å²) in [5, 5.41) is 7.43. The maximum absolute atomic E-state index is 11.3. The number of fused-ring (bicyclic) bond motifs is 1. The third-order valence-corrected chi connectivity index (χ3v) is 3.95. The zero-order valence-corrected chi connectivity index (χ0v) is 12.1. The Morgan fingerprint density at radius 1 is 1.05 bits per heavy atom. The van der Waals surface area contributed by atoms with Crippen LogP contribution in [0.25, 0.3) is 10.8 Å². The molecule has 2 aromatic carbocycles. The number of rotatable bonds is 5. The molecule has 0 bridgehead atoms. The molecule has 19 heavy (non-hydrogen) atoms. The Balaban J connectivity index is 2.52. The minimum atomic E-state index is -4.21. The van der Waals surface area contributed by atoms with E-state index < -0.39 is 10.1 Å². The molecule has 3 N–H and O–H groups in total. The molecule has 2 aromatic rings. The molecule has 0 amide bonds. The minimum absolute atomic E-state index is 0.0715. The Labute approximate surface area is 114 Å². The summed E-state index contributed by atoms with van der Waals surface area (Å²) in [5.74, 6) is 0. The summed E-state index contributed by atoms with van der Waals surface area (Å²) in [4.78, 5) is -0.0715. The zero-order chi connectivity index (χ0) is 13.9. The first kappa shape index (κ1) is 14.2. The maximum Gasteiger partial charge on any atom is 0.295 e. The molecule has 0 saturated heterocycles. The summed E-state index contributed by atoms with van der Waals surface area (Å²) in [6.07, 6.45) is 0. The Morgan fingerprint density at radius 2 is 1.74 bits per heavy atom. The smallest absolute Gasteiger partial charge is 0.295 e. The van der Waals surface area contributed by atoms with E-state index in [1.54, 1.807) is 18.2 Å². The molecule has 0 aliphatic rings. The number of anilines is 1. The van der Waals surface area contributed by atoms with Crippen LogP contribution >= 0.6 is 9.39 Å². The van der Waals surface area contributed by atoms with Gasteiger partial charge in [0.2, 0.25) is 0 Å². The fraction of sp³-hybridized carbons (Fsp3) is 0.167. The van der Waals surface area contributed by atoms with Crippen LogP contribution in [0.3, 0.4) is 0 Å². The average Bonchev–Trinajstić information content (AvgIpc) is 2.37. The van der Waals surface area contributed by atoms with E-state index in [4.69, 9.17) is 0 Å². The Bertz CT molecular complexity index is 688. The summed E-state index contributed by atoms with van der Waals surface area (Å²) in [5.41, 5.74) is 0.836. The second-order valence-corrected chi connectivity index (χ2v) is 5.81. The van der Waals surface area contributed by atoms with Crippen molar-refractivity contribution in [2.45, 2.75) is 4.90 Å². The van der Waals surface area contributed by atoms with Crippen molar-refractivity contribution in [2.75, 3.05) is 18.4 Å². The predicted molar refractivity (Wildman–Crippen MR) is 80.0 cm³/mol. The van der Waals surface area contributed by atoms with E-state index in [1.807, 2.05) is 12.1 Å². The highest BCUT2D eigenvalue weighted by atomic mass is 32.2. The van der Waals surface area contributed by atoms with Gasteiger partial charge in [0.1, 0.15) is 4.90 Å². The first-order chi connectivity index (χ1) is 9.04. The first-order valence-corrected chi connectivity index (χ1v) is 7.72. The fourth-order valence-corrected chi connectivity index (χ4v) is 2.78. The lowest BCUT2D eigenvalue weighted by molar-refractivity contribution is 0.484. The summed E-state index contributed by atoms with van der Waals surface area (Å²) >= 11 is 0. The lowest BCUT2D eigenvalue weighted by Gasteiger charge is -2.11. The number of nitrogens with one attached hydrogen (secondary N) is 2. The van der Waals surface area contributed by atoms with E-state index in [-0.39, 0.29) is 4.90 Å². The third-order valence-electron chi connectivity index (χ3n) is 2.74. The quantitative estimate of drug-likeness (QED) is 0.446. The lowest BCUT2D eigenvalue weighted by atomic mass is 10.1. The normalized spacial score (nSPS) is 11.7. The molecule has 0 radical (unpaired) electrons. The van der Waals surface area contributed by atoms with Crippen LogP contribution in [0, 0.1) is 0 Å². The van der Waals surface area contributed by atoms with Gasteiger partial charge in [0, 0.05) is 29.5 Å². The van der Waals surface area contributed by atoms with E-state index in [0.29, 0.717) is 11.9 Å². The van der Waals surface area contributed by atoms with Crippen molar-refractivity contribution in [3.05, 3.63) is 36.4 Å². The highest BCUT2D eigenvalue weighted by Gasteiger charge is 2.14. The van der Waals surface area contributed by atoms with Crippen molar-refractivity contribution in [2.24, 2.45) is 0 Å². The van der Waals surface area contributed by atoms with E-state index in [1.165, 1.54) is 6.07 Å². The largest absolute Gasteiger partial charge is 0.383 e. The van der Waals surface area contributed by atoms with Gasteiger partial charge >= 0.3 is 0 Å². The molecule has 0 aliphatic heterocycles. The van der Waals surface area contributed by atoms with Crippen molar-refractivity contribution in [1.29, 1.82) is 0 Å².